The summed E-state index contributed by atoms with van der Waals surface area (Å²) in [6.07, 6.45) is 0.914. The van der Waals surface area contributed by atoms with E-state index < -0.39 is 32.0 Å². The first kappa shape index (κ1) is 16.3. The number of thiocarbonyl (C=S) groups is 1. The van der Waals surface area contributed by atoms with Crippen molar-refractivity contribution in [1.29, 1.82) is 0 Å². The summed E-state index contributed by atoms with van der Waals surface area (Å²) < 4.78 is 52.8. The van der Waals surface area contributed by atoms with Gasteiger partial charge in [-0.3, -0.25) is 0 Å². The van der Waals surface area contributed by atoms with Gasteiger partial charge >= 0.3 is 0 Å². The van der Waals surface area contributed by atoms with Gasteiger partial charge in [-0.1, -0.05) is 19.1 Å². The number of sulfonamides is 1. The van der Waals surface area contributed by atoms with E-state index in [2.05, 4.69) is 0 Å². The van der Waals surface area contributed by atoms with Gasteiger partial charge in [-0.2, -0.15) is 4.31 Å². The Morgan fingerprint density at radius 3 is 2.43 bits per heavy atom. The van der Waals surface area contributed by atoms with E-state index in [9.17, 15) is 17.2 Å². The second-order valence-corrected chi connectivity index (χ2v) is 7.75. The average molecular weight is 334 g/mol. The van der Waals surface area contributed by atoms with E-state index >= 15 is 0 Å². The highest BCUT2D eigenvalue weighted by Crippen LogP contribution is 2.34. The van der Waals surface area contributed by atoms with Crippen molar-refractivity contribution in [3.05, 3.63) is 29.8 Å². The highest BCUT2D eigenvalue weighted by Gasteiger charge is 2.38. The summed E-state index contributed by atoms with van der Waals surface area (Å²) in [6.45, 7) is 2.22. The van der Waals surface area contributed by atoms with E-state index in [-0.39, 0.29) is 13.1 Å². The molecule has 0 bridgehead atoms. The van der Waals surface area contributed by atoms with E-state index in [0.717, 1.165) is 16.4 Å². The summed E-state index contributed by atoms with van der Waals surface area (Å²) in [4.78, 5) is -0.294. The molecule has 0 aromatic heterocycles. The minimum Gasteiger partial charge on any atom is -0.393 e. The molecule has 21 heavy (non-hydrogen) atoms. The lowest BCUT2D eigenvalue weighted by molar-refractivity contribution is 0.243. The quantitative estimate of drug-likeness (QED) is 0.859. The van der Waals surface area contributed by atoms with Gasteiger partial charge < -0.3 is 5.73 Å². The van der Waals surface area contributed by atoms with Crippen LogP contribution in [0.3, 0.4) is 0 Å². The van der Waals surface area contributed by atoms with Gasteiger partial charge in [-0.25, -0.2) is 17.2 Å². The van der Waals surface area contributed by atoms with Crippen LogP contribution in [0, 0.1) is 17.0 Å². The van der Waals surface area contributed by atoms with E-state index in [4.69, 9.17) is 18.0 Å². The van der Waals surface area contributed by atoms with Crippen LogP contribution < -0.4 is 5.73 Å². The predicted molar refractivity (Wildman–Crippen MR) is 79.2 cm³/mol. The lowest BCUT2D eigenvalue weighted by Crippen LogP contribution is -2.46. The molecule has 1 aliphatic rings. The Labute approximate surface area is 128 Å². The zero-order valence-electron chi connectivity index (χ0n) is 11.5. The minimum absolute atomic E-state index is 0.173. The second-order valence-electron chi connectivity index (χ2n) is 5.40. The molecule has 4 nitrogen and oxygen atoms in total. The van der Waals surface area contributed by atoms with Crippen LogP contribution in [-0.2, 0) is 10.0 Å². The summed E-state index contributed by atoms with van der Waals surface area (Å²) in [7, 11) is -4.06. The fraction of sp³-hybridized carbons (Fsp3) is 0.462. The number of rotatable bonds is 3. The zero-order valence-corrected chi connectivity index (χ0v) is 13.1. The maximum absolute atomic E-state index is 13.7. The Kier molecular flexibility index (Phi) is 4.32. The lowest BCUT2D eigenvalue weighted by Gasteiger charge is -2.37. The highest BCUT2D eigenvalue weighted by molar-refractivity contribution is 7.89. The van der Waals surface area contributed by atoms with Crippen molar-refractivity contribution in [1.82, 2.24) is 4.31 Å². The molecule has 116 valence electrons. The number of nitrogens with two attached hydrogens (primary N) is 1. The Balaban J connectivity index is 2.27. The standard InChI is InChI=1S/C13H16F2N2O2S2/c1-13(12(16)20)4-6-17(7-5-13)21(18,19)11-8-9(14)2-3-10(11)15/h2-3,8H,4-7H2,1H3,(H2,16,20). The first-order valence-corrected chi connectivity index (χ1v) is 8.27. The van der Waals surface area contributed by atoms with Gasteiger partial charge in [0, 0.05) is 18.5 Å². The molecular weight excluding hydrogens is 318 g/mol. The van der Waals surface area contributed by atoms with Gasteiger partial charge in [-0.05, 0) is 31.0 Å². The average Bonchev–Trinajstić information content (AvgIpc) is 2.41. The molecule has 0 spiro atoms. The van der Waals surface area contributed by atoms with Crippen molar-refractivity contribution < 1.29 is 17.2 Å². The second kappa shape index (κ2) is 5.58. The molecule has 1 aromatic carbocycles. The van der Waals surface area contributed by atoms with Crippen molar-refractivity contribution >= 4 is 27.2 Å². The maximum Gasteiger partial charge on any atom is 0.246 e. The summed E-state index contributed by atoms with van der Waals surface area (Å²) in [5.74, 6) is -1.75. The number of hydrogen-bond acceptors (Lipinski definition) is 3. The van der Waals surface area contributed by atoms with Crippen LogP contribution in [-0.4, -0.2) is 30.8 Å². The molecule has 1 aliphatic heterocycles. The number of halogens is 2. The monoisotopic (exact) mass is 334 g/mol. The highest BCUT2D eigenvalue weighted by atomic mass is 32.2. The zero-order chi connectivity index (χ0) is 15.8. The fourth-order valence-electron chi connectivity index (χ4n) is 2.28. The molecule has 1 heterocycles. The van der Waals surface area contributed by atoms with Crippen LogP contribution in [0.5, 0.6) is 0 Å². The molecular formula is C13H16F2N2O2S2. The molecule has 0 unspecified atom stereocenters. The SMILES string of the molecule is CC1(C(N)=S)CCN(S(=O)(=O)c2cc(F)ccc2F)CC1. The van der Waals surface area contributed by atoms with Gasteiger partial charge in [0.15, 0.2) is 0 Å². The van der Waals surface area contributed by atoms with E-state index in [1.165, 1.54) is 0 Å². The van der Waals surface area contributed by atoms with E-state index in [1.54, 1.807) is 0 Å². The first-order valence-electron chi connectivity index (χ1n) is 6.42. The summed E-state index contributed by atoms with van der Waals surface area (Å²) >= 11 is 4.99. The Morgan fingerprint density at radius 2 is 1.90 bits per heavy atom. The van der Waals surface area contributed by atoms with Crippen LogP contribution in [0.2, 0.25) is 0 Å². The number of benzene rings is 1. The van der Waals surface area contributed by atoms with E-state index in [1.807, 2.05) is 6.92 Å². The van der Waals surface area contributed by atoms with Gasteiger partial charge in [0.05, 0.1) is 4.99 Å². The van der Waals surface area contributed by atoms with Crippen LogP contribution in [0.15, 0.2) is 23.1 Å². The molecule has 8 heteroatoms. The number of nitrogens with zero attached hydrogens (tertiary/aromatic N) is 1. The van der Waals surface area contributed by atoms with Crippen molar-refractivity contribution in [2.45, 2.75) is 24.7 Å². The normalized spacial score (nSPS) is 19.4. The molecule has 1 saturated heterocycles. The number of hydrogen-bond donors (Lipinski definition) is 1. The van der Waals surface area contributed by atoms with Crippen LogP contribution >= 0.6 is 12.2 Å². The molecule has 1 aromatic rings. The Hall–Kier alpha value is -1.12. The fourth-order valence-corrected chi connectivity index (χ4v) is 4.00. The molecule has 2 N–H and O–H groups in total. The van der Waals surface area contributed by atoms with Crippen molar-refractivity contribution in [3.63, 3.8) is 0 Å². The molecule has 1 fully saturated rings. The van der Waals surface area contributed by atoms with Gasteiger partial charge in [-0.15, -0.1) is 0 Å². The van der Waals surface area contributed by atoms with E-state index in [0.29, 0.717) is 23.9 Å². The van der Waals surface area contributed by atoms with Crippen molar-refractivity contribution in [2.24, 2.45) is 11.1 Å². The molecule has 0 aliphatic carbocycles. The van der Waals surface area contributed by atoms with Crippen LogP contribution in [0.1, 0.15) is 19.8 Å². The Morgan fingerprint density at radius 1 is 1.33 bits per heavy atom. The summed E-state index contributed by atoms with van der Waals surface area (Å²) in [5.41, 5.74) is 5.26. The smallest absolute Gasteiger partial charge is 0.246 e. The van der Waals surface area contributed by atoms with Crippen molar-refractivity contribution in [3.8, 4) is 0 Å². The molecule has 0 saturated carbocycles. The third-order valence-electron chi connectivity index (χ3n) is 3.93. The summed E-state index contributed by atoms with van der Waals surface area (Å²) in [5, 5.41) is 0. The van der Waals surface area contributed by atoms with Crippen LogP contribution in [0.4, 0.5) is 8.78 Å². The van der Waals surface area contributed by atoms with Gasteiger partial charge in [0.2, 0.25) is 10.0 Å². The maximum atomic E-state index is 13.7. The molecule has 0 amide bonds. The first-order chi connectivity index (χ1) is 9.67. The molecule has 2 rings (SSSR count). The van der Waals surface area contributed by atoms with Gasteiger partial charge in [0.1, 0.15) is 16.5 Å². The van der Waals surface area contributed by atoms with Gasteiger partial charge in [0.25, 0.3) is 0 Å². The molecule has 0 atom stereocenters. The van der Waals surface area contributed by atoms with Crippen molar-refractivity contribution in [2.75, 3.05) is 13.1 Å². The third kappa shape index (κ3) is 3.07. The largest absolute Gasteiger partial charge is 0.393 e. The topological polar surface area (TPSA) is 63.4 Å². The van der Waals surface area contributed by atoms with Crippen LogP contribution in [0.25, 0.3) is 0 Å². The number of piperidine rings is 1. The molecule has 0 radical (unpaired) electrons. The summed E-state index contributed by atoms with van der Waals surface area (Å²) in [6, 6.07) is 2.39. The lowest BCUT2D eigenvalue weighted by atomic mass is 9.81. The Bertz CT molecular complexity index is 669. The predicted octanol–water partition coefficient (Wildman–Crippen LogP) is 2.04. The third-order valence-corrected chi connectivity index (χ3v) is 6.34. The minimum atomic E-state index is -4.06.